The second-order valence-corrected chi connectivity index (χ2v) is 11.3. The van der Waals surface area contributed by atoms with Crippen molar-refractivity contribution in [1.82, 2.24) is 0 Å². The molecule has 0 bridgehead atoms. The standard InChI is InChI=1S/C21H22BrNO5S2/c1-21(2,3)28-13-12-23(19-18(22)16-6-4-5-7-17(16)29-19)30(26,27)15-10-8-14(9-11-15)20(24)25/h4-11H,12-13H2,1-3H3,(H,24,25). The van der Waals surface area contributed by atoms with Gasteiger partial charge >= 0.3 is 5.97 Å². The Bertz CT molecular complexity index is 1160. The van der Waals surface area contributed by atoms with E-state index in [9.17, 15) is 13.2 Å². The number of hydrogen-bond donors (Lipinski definition) is 1. The molecule has 0 saturated heterocycles. The van der Waals surface area contributed by atoms with Crippen LogP contribution in [0.25, 0.3) is 10.1 Å². The number of rotatable bonds is 7. The first-order valence-corrected chi connectivity index (χ1v) is 12.2. The summed E-state index contributed by atoms with van der Waals surface area (Å²) < 4.78 is 35.8. The number of nitrogens with zero attached hydrogens (tertiary/aromatic N) is 1. The fourth-order valence-corrected chi connectivity index (χ4v) is 6.67. The van der Waals surface area contributed by atoms with Crippen LogP contribution in [0, 0.1) is 0 Å². The summed E-state index contributed by atoms with van der Waals surface area (Å²) in [7, 11) is -3.94. The minimum Gasteiger partial charge on any atom is -0.478 e. The molecule has 1 N–H and O–H groups in total. The Labute approximate surface area is 188 Å². The molecule has 0 atom stereocenters. The average molecular weight is 512 g/mol. The lowest BCUT2D eigenvalue weighted by atomic mass is 10.2. The number of thiophene rings is 1. The van der Waals surface area contributed by atoms with Crippen molar-refractivity contribution in [2.24, 2.45) is 0 Å². The minimum atomic E-state index is -3.94. The maximum atomic E-state index is 13.5. The summed E-state index contributed by atoms with van der Waals surface area (Å²) in [4.78, 5) is 11.1. The van der Waals surface area contributed by atoms with Gasteiger partial charge in [0.15, 0.2) is 0 Å². The van der Waals surface area contributed by atoms with Crippen molar-refractivity contribution < 1.29 is 23.1 Å². The van der Waals surface area contributed by atoms with Crippen LogP contribution >= 0.6 is 27.3 Å². The first-order chi connectivity index (χ1) is 14.0. The number of halogens is 1. The first kappa shape index (κ1) is 22.7. The summed E-state index contributed by atoms with van der Waals surface area (Å²) in [5.74, 6) is -1.11. The summed E-state index contributed by atoms with van der Waals surface area (Å²) in [6.07, 6.45) is 0. The maximum Gasteiger partial charge on any atom is 0.335 e. The first-order valence-electron chi connectivity index (χ1n) is 9.18. The molecule has 3 rings (SSSR count). The van der Waals surface area contributed by atoms with Crippen molar-refractivity contribution in [3.63, 3.8) is 0 Å². The SMILES string of the molecule is CC(C)(C)OCCN(c1sc2ccccc2c1Br)S(=O)(=O)c1ccc(C(=O)O)cc1. The molecule has 0 radical (unpaired) electrons. The summed E-state index contributed by atoms with van der Waals surface area (Å²) in [6.45, 7) is 6.05. The fourth-order valence-electron chi connectivity index (χ4n) is 2.82. The Balaban J connectivity index is 2.05. The van der Waals surface area contributed by atoms with E-state index in [0.29, 0.717) is 9.47 Å². The van der Waals surface area contributed by atoms with Crippen LogP contribution in [-0.4, -0.2) is 38.2 Å². The summed E-state index contributed by atoms with van der Waals surface area (Å²) in [5.41, 5.74) is -0.379. The number of benzene rings is 2. The van der Waals surface area contributed by atoms with Crippen molar-refractivity contribution in [2.75, 3.05) is 17.5 Å². The van der Waals surface area contributed by atoms with Gasteiger partial charge in [0, 0.05) is 10.1 Å². The highest BCUT2D eigenvalue weighted by Crippen LogP contribution is 2.43. The van der Waals surface area contributed by atoms with Crippen LogP contribution in [0.5, 0.6) is 0 Å². The van der Waals surface area contributed by atoms with Crippen LogP contribution in [-0.2, 0) is 14.8 Å². The molecule has 0 saturated carbocycles. The lowest BCUT2D eigenvalue weighted by Crippen LogP contribution is -2.35. The monoisotopic (exact) mass is 511 g/mol. The van der Waals surface area contributed by atoms with Gasteiger partial charge in [0.2, 0.25) is 0 Å². The zero-order valence-corrected chi connectivity index (χ0v) is 20.0. The van der Waals surface area contributed by atoms with E-state index in [4.69, 9.17) is 9.84 Å². The van der Waals surface area contributed by atoms with Gasteiger partial charge in [0.25, 0.3) is 10.0 Å². The van der Waals surface area contributed by atoms with E-state index < -0.39 is 21.6 Å². The number of carboxylic acid groups (broad SMARTS) is 1. The second kappa shape index (κ2) is 8.66. The lowest BCUT2D eigenvalue weighted by molar-refractivity contribution is 0.00234. The van der Waals surface area contributed by atoms with E-state index in [1.165, 1.54) is 39.9 Å². The van der Waals surface area contributed by atoms with E-state index in [2.05, 4.69) is 15.9 Å². The highest BCUT2D eigenvalue weighted by molar-refractivity contribution is 9.10. The molecular formula is C21H22BrNO5S2. The van der Waals surface area contributed by atoms with Crippen LogP contribution in [0.3, 0.4) is 0 Å². The quantitative estimate of drug-likeness (QED) is 0.460. The Morgan fingerprint density at radius 2 is 1.77 bits per heavy atom. The highest BCUT2D eigenvalue weighted by Gasteiger charge is 2.29. The fraction of sp³-hybridized carbons (Fsp3) is 0.286. The predicted molar refractivity (Wildman–Crippen MR) is 123 cm³/mol. The van der Waals surface area contributed by atoms with Gasteiger partial charge in [-0.3, -0.25) is 4.31 Å². The largest absolute Gasteiger partial charge is 0.478 e. The van der Waals surface area contributed by atoms with Crippen molar-refractivity contribution in [3.8, 4) is 0 Å². The smallest absolute Gasteiger partial charge is 0.335 e. The second-order valence-electron chi connectivity index (χ2n) is 7.58. The maximum absolute atomic E-state index is 13.5. The van der Waals surface area contributed by atoms with Crippen LogP contribution < -0.4 is 4.31 Å². The van der Waals surface area contributed by atoms with Crippen molar-refractivity contribution >= 4 is 58.3 Å². The molecule has 0 spiro atoms. The van der Waals surface area contributed by atoms with Crippen molar-refractivity contribution in [1.29, 1.82) is 0 Å². The number of anilines is 1. The summed E-state index contributed by atoms with van der Waals surface area (Å²) in [6, 6.07) is 12.9. The number of carbonyl (C=O) groups is 1. The Kier molecular flexibility index (Phi) is 6.57. The van der Waals surface area contributed by atoms with Gasteiger partial charge in [-0.25, -0.2) is 13.2 Å². The van der Waals surface area contributed by atoms with Gasteiger partial charge in [-0.1, -0.05) is 18.2 Å². The van der Waals surface area contributed by atoms with E-state index in [0.717, 1.165) is 10.1 Å². The summed E-state index contributed by atoms with van der Waals surface area (Å²) >= 11 is 4.94. The summed E-state index contributed by atoms with van der Waals surface area (Å²) in [5, 5.41) is 10.6. The molecule has 0 aliphatic heterocycles. The van der Waals surface area contributed by atoms with E-state index >= 15 is 0 Å². The van der Waals surface area contributed by atoms with Crippen molar-refractivity contribution in [3.05, 3.63) is 58.6 Å². The number of carboxylic acids is 1. The molecule has 3 aromatic rings. The van der Waals surface area contributed by atoms with Gasteiger partial charge in [0.1, 0.15) is 5.00 Å². The zero-order chi connectivity index (χ0) is 22.1. The van der Waals surface area contributed by atoms with E-state index in [-0.39, 0.29) is 23.6 Å². The molecule has 0 aliphatic rings. The van der Waals surface area contributed by atoms with Gasteiger partial charge in [-0.2, -0.15) is 0 Å². The third-order valence-electron chi connectivity index (χ3n) is 4.26. The number of fused-ring (bicyclic) bond motifs is 1. The number of sulfonamides is 1. The lowest BCUT2D eigenvalue weighted by Gasteiger charge is -2.26. The van der Waals surface area contributed by atoms with Crippen LogP contribution in [0.1, 0.15) is 31.1 Å². The molecule has 0 amide bonds. The third-order valence-corrected chi connectivity index (χ3v) is 8.45. The molecular weight excluding hydrogens is 490 g/mol. The Hall–Kier alpha value is -1.94. The van der Waals surface area contributed by atoms with Gasteiger partial charge in [0.05, 0.1) is 33.7 Å². The molecule has 1 aromatic heterocycles. The van der Waals surface area contributed by atoms with Crippen LogP contribution in [0.15, 0.2) is 57.9 Å². The van der Waals surface area contributed by atoms with Crippen LogP contribution in [0.4, 0.5) is 5.00 Å². The molecule has 0 aliphatic carbocycles. The number of hydrogen-bond acceptors (Lipinski definition) is 5. The van der Waals surface area contributed by atoms with Gasteiger partial charge in [-0.15, -0.1) is 11.3 Å². The number of ether oxygens (including phenoxy) is 1. The van der Waals surface area contributed by atoms with E-state index in [1.807, 2.05) is 45.0 Å². The van der Waals surface area contributed by atoms with E-state index in [1.54, 1.807) is 0 Å². The Morgan fingerprint density at radius 3 is 2.33 bits per heavy atom. The topological polar surface area (TPSA) is 83.9 Å². The molecule has 9 heteroatoms. The molecule has 160 valence electrons. The number of aromatic carboxylic acids is 1. The predicted octanol–water partition coefficient (Wildman–Crippen LogP) is 5.37. The molecule has 2 aromatic carbocycles. The molecule has 30 heavy (non-hydrogen) atoms. The zero-order valence-electron chi connectivity index (χ0n) is 16.8. The Morgan fingerprint density at radius 1 is 1.13 bits per heavy atom. The van der Waals surface area contributed by atoms with Crippen molar-refractivity contribution in [2.45, 2.75) is 31.3 Å². The molecule has 6 nitrogen and oxygen atoms in total. The van der Waals surface area contributed by atoms with Gasteiger partial charge in [-0.05, 0) is 67.0 Å². The average Bonchev–Trinajstić information content (AvgIpc) is 3.01. The van der Waals surface area contributed by atoms with Gasteiger partial charge < -0.3 is 9.84 Å². The highest BCUT2D eigenvalue weighted by atomic mass is 79.9. The minimum absolute atomic E-state index is 0.0209. The normalized spacial score (nSPS) is 12.3. The molecule has 0 unspecified atom stereocenters. The third kappa shape index (κ3) is 4.85. The molecule has 1 heterocycles. The van der Waals surface area contributed by atoms with Crippen LogP contribution in [0.2, 0.25) is 0 Å². The molecule has 0 fully saturated rings.